The number of pyridine rings is 3. The lowest BCUT2D eigenvalue weighted by atomic mass is 10.2. The molecule has 0 spiro atoms. The smallest absolute Gasteiger partial charge is 0.178 e. The van der Waals surface area contributed by atoms with E-state index in [2.05, 4.69) is 70.8 Å². The van der Waals surface area contributed by atoms with Crippen LogP contribution in [0.25, 0.3) is 0 Å². The van der Waals surface area contributed by atoms with E-state index < -0.39 is 0 Å². The molecule has 0 amide bonds. The van der Waals surface area contributed by atoms with Crippen LogP contribution in [0.2, 0.25) is 0 Å². The quantitative estimate of drug-likeness (QED) is 0.381. The Morgan fingerprint density at radius 1 is 0.521 bits per heavy atom. The third kappa shape index (κ3) is 10.3. The van der Waals surface area contributed by atoms with Crippen molar-refractivity contribution in [2.24, 2.45) is 0 Å². The van der Waals surface area contributed by atoms with Crippen molar-refractivity contribution in [1.29, 1.82) is 0 Å². The van der Waals surface area contributed by atoms with Gasteiger partial charge in [-0.25, -0.2) is 4.98 Å². The van der Waals surface area contributed by atoms with Crippen molar-refractivity contribution in [2.45, 2.75) is 46.6 Å². The van der Waals surface area contributed by atoms with Crippen molar-refractivity contribution in [1.82, 2.24) is 44.4 Å². The Hall–Kier alpha value is -3.45. The maximum absolute atomic E-state index is 11.7. The topological polar surface area (TPSA) is 92.3 Å². The van der Waals surface area contributed by atoms with Crippen LogP contribution in [-0.4, -0.2) is 141 Å². The summed E-state index contributed by atoms with van der Waals surface area (Å²) in [7, 11) is 0. The number of nitrogens with zero attached hydrogens (tertiary/aromatic N) is 9. The molecular weight excluding hydrogens is 602 g/mol. The first kappa shape index (κ1) is 34.4. The van der Waals surface area contributed by atoms with E-state index in [0.29, 0.717) is 12.2 Å². The van der Waals surface area contributed by atoms with Gasteiger partial charge in [-0.05, 0) is 43.3 Å². The first-order chi connectivity index (χ1) is 23.3. The molecule has 9 rings (SSSR count). The lowest BCUT2D eigenvalue weighted by Gasteiger charge is -2.36. The van der Waals surface area contributed by atoms with Crippen molar-refractivity contribution in [3.8, 4) is 0 Å². The van der Waals surface area contributed by atoms with Crippen LogP contribution in [-0.2, 0) is 37.5 Å². The SMILES string of the molecule is CC(=O)CN1CCN2CCN(CC2)Cc2cccc(n2)C1.CC(=O)c1cccc(CN2CCN3CCN(CC3)Cc3cccc(n3)C2)n1. The molecule has 6 aliphatic rings. The zero-order valence-corrected chi connectivity index (χ0v) is 28.8. The zero-order chi connectivity index (χ0) is 33.3. The van der Waals surface area contributed by atoms with E-state index in [-0.39, 0.29) is 11.6 Å². The Bertz CT molecular complexity index is 1520. The van der Waals surface area contributed by atoms with Gasteiger partial charge in [0.05, 0.1) is 35.0 Å². The van der Waals surface area contributed by atoms with E-state index in [4.69, 9.17) is 9.97 Å². The molecule has 0 aliphatic carbocycles. The Morgan fingerprint density at radius 3 is 1.48 bits per heavy atom. The van der Waals surface area contributed by atoms with E-state index >= 15 is 0 Å². The van der Waals surface area contributed by atoms with Crippen LogP contribution in [0.3, 0.4) is 0 Å². The molecule has 11 heteroatoms. The van der Waals surface area contributed by atoms with Crippen LogP contribution >= 0.6 is 0 Å². The second-order valence-corrected chi connectivity index (χ2v) is 13.7. The van der Waals surface area contributed by atoms with Crippen LogP contribution in [0.15, 0.2) is 54.6 Å². The molecule has 2 saturated heterocycles. The molecule has 0 atom stereocenters. The highest BCUT2D eigenvalue weighted by molar-refractivity contribution is 5.92. The number of carbonyl (C=O) groups excluding carboxylic acids is 2. The maximum Gasteiger partial charge on any atom is 0.178 e. The summed E-state index contributed by atoms with van der Waals surface area (Å²) < 4.78 is 0. The van der Waals surface area contributed by atoms with Gasteiger partial charge >= 0.3 is 0 Å². The molecule has 0 aromatic carbocycles. The number of Topliss-reactive ketones (excluding diaryl/α,β-unsaturated/α-hetero) is 2. The summed E-state index contributed by atoms with van der Waals surface area (Å²) in [5.41, 5.74) is 5.95. The molecule has 0 radical (unpaired) electrons. The summed E-state index contributed by atoms with van der Waals surface area (Å²) in [6, 6.07) is 18.3. The number of piperazine rings is 2. The average molecular weight is 654 g/mol. The maximum atomic E-state index is 11.7. The number of hydrogen-bond donors (Lipinski definition) is 0. The van der Waals surface area contributed by atoms with E-state index in [1.165, 1.54) is 0 Å². The van der Waals surface area contributed by atoms with Gasteiger partial charge in [0.1, 0.15) is 11.5 Å². The van der Waals surface area contributed by atoms with Gasteiger partial charge < -0.3 is 0 Å². The molecule has 256 valence electrons. The Kier molecular flexibility index (Phi) is 12.0. The van der Waals surface area contributed by atoms with E-state index in [1.807, 2.05) is 12.1 Å². The minimum Gasteiger partial charge on any atom is -0.300 e. The largest absolute Gasteiger partial charge is 0.300 e. The van der Waals surface area contributed by atoms with Gasteiger partial charge in [0.25, 0.3) is 0 Å². The Labute approximate surface area is 285 Å². The van der Waals surface area contributed by atoms with Crippen LogP contribution in [0.5, 0.6) is 0 Å². The summed E-state index contributed by atoms with van der Waals surface area (Å²) >= 11 is 0. The molecule has 2 fully saturated rings. The minimum atomic E-state index is 0.0118. The molecule has 11 nitrogen and oxygen atoms in total. The van der Waals surface area contributed by atoms with Gasteiger partial charge in [-0.1, -0.05) is 18.2 Å². The van der Waals surface area contributed by atoms with E-state index in [0.717, 1.165) is 140 Å². The molecule has 48 heavy (non-hydrogen) atoms. The second-order valence-electron chi connectivity index (χ2n) is 13.7. The first-order valence-electron chi connectivity index (χ1n) is 17.5. The fourth-order valence-electron chi connectivity index (χ4n) is 6.97. The lowest BCUT2D eigenvalue weighted by molar-refractivity contribution is -0.118. The fraction of sp³-hybridized carbons (Fsp3) is 0.541. The van der Waals surface area contributed by atoms with Crippen molar-refractivity contribution < 1.29 is 9.59 Å². The van der Waals surface area contributed by atoms with Gasteiger partial charge in [-0.15, -0.1) is 0 Å². The fourth-order valence-corrected chi connectivity index (χ4v) is 6.97. The van der Waals surface area contributed by atoms with Crippen LogP contribution < -0.4 is 0 Å². The van der Waals surface area contributed by atoms with Gasteiger partial charge in [0.2, 0.25) is 0 Å². The summed E-state index contributed by atoms with van der Waals surface area (Å²) in [5.74, 6) is 0.237. The predicted molar refractivity (Wildman–Crippen MR) is 186 cm³/mol. The highest BCUT2D eigenvalue weighted by Crippen LogP contribution is 2.15. The molecule has 0 unspecified atom stereocenters. The van der Waals surface area contributed by atoms with E-state index in [9.17, 15) is 9.59 Å². The summed E-state index contributed by atoms with van der Waals surface area (Å²) in [6.45, 7) is 20.8. The number of rotatable bonds is 5. The van der Waals surface area contributed by atoms with E-state index in [1.54, 1.807) is 19.9 Å². The third-order valence-electron chi connectivity index (χ3n) is 9.67. The number of hydrogen-bond acceptors (Lipinski definition) is 11. The zero-order valence-electron chi connectivity index (χ0n) is 28.8. The predicted octanol–water partition coefficient (Wildman–Crippen LogP) is 2.42. The summed E-state index contributed by atoms with van der Waals surface area (Å²) in [5, 5.41) is 0. The number of ketones is 2. The summed E-state index contributed by atoms with van der Waals surface area (Å²) in [6.07, 6.45) is 0. The van der Waals surface area contributed by atoms with Gasteiger partial charge in [-0.2, -0.15) is 0 Å². The van der Waals surface area contributed by atoms with Gasteiger partial charge in [-0.3, -0.25) is 49.0 Å². The molecule has 3 aromatic heterocycles. The summed E-state index contributed by atoms with van der Waals surface area (Å²) in [4.78, 5) is 52.0. The average Bonchev–Trinajstić information content (AvgIpc) is 3.07. The number of aromatic nitrogens is 3. The third-order valence-corrected chi connectivity index (χ3v) is 9.67. The minimum absolute atomic E-state index is 0.0118. The van der Waals surface area contributed by atoms with Gasteiger partial charge in [0, 0.05) is 118 Å². The highest BCUT2D eigenvalue weighted by Gasteiger charge is 2.22. The lowest BCUT2D eigenvalue weighted by Crippen LogP contribution is -2.48. The molecule has 6 aliphatic heterocycles. The number of carbonyl (C=O) groups is 2. The second kappa shape index (κ2) is 16.8. The monoisotopic (exact) mass is 653 g/mol. The standard InChI is InChI=1S/C21H27N5O.C16H24N4O/c1-17(27)21-7-3-6-20(23-21)16-26-13-10-24-8-11-25(12-9-24)14-18-4-2-5-19(15-26)22-18;1-14(21)11-20-10-7-18-5-8-19(9-6-18)12-15-3-2-4-16(13-20)17-15/h2-7H,8-16H2,1H3;2-4H,5-13H2,1H3. The highest BCUT2D eigenvalue weighted by atomic mass is 16.1. The Balaban J connectivity index is 0.000000173. The number of fused-ring (bicyclic) bond motifs is 10. The molecule has 9 heterocycles. The molecule has 8 bridgehead atoms. The van der Waals surface area contributed by atoms with Crippen LogP contribution in [0.1, 0.15) is 52.8 Å². The van der Waals surface area contributed by atoms with Crippen LogP contribution in [0.4, 0.5) is 0 Å². The van der Waals surface area contributed by atoms with Crippen LogP contribution in [0, 0.1) is 0 Å². The van der Waals surface area contributed by atoms with Gasteiger partial charge in [0.15, 0.2) is 5.78 Å². The normalized spacial score (nSPS) is 25.0. The first-order valence-corrected chi connectivity index (χ1v) is 17.5. The molecular formula is C37H51N9O2. The van der Waals surface area contributed by atoms with Crippen molar-refractivity contribution in [2.75, 3.05) is 85.1 Å². The van der Waals surface area contributed by atoms with Crippen molar-refractivity contribution in [3.05, 3.63) is 88.8 Å². The molecule has 0 N–H and O–H groups in total. The van der Waals surface area contributed by atoms with Crippen molar-refractivity contribution >= 4 is 11.6 Å². The van der Waals surface area contributed by atoms with Crippen molar-refractivity contribution in [3.63, 3.8) is 0 Å². The molecule has 3 aromatic rings. The molecule has 0 saturated carbocycles. The Morgan fingerprint density at radius 2 is 0.958 bits per heavy atom.